The Labute approximate surface area is 138 Å². The van der Waals surface area contributed by atoms with Crippen LogP contribution in [0.5, 0.6) is 0 Å². The van der Waals surface area contributed by atoms with Crippen LogP contribution in [-0.4, -0.2) is 23.4 Å². The number of benzene rings is 1. The summed E-state index contributed by atoms with van der Waals surface area (Å²) in [6, 6.07) is 7.24. The molecule has 1 fully saturated rings. The van der Waals surface area contributed by atoms with Crippen LogP contribution in [0.4, 0.5) is 0 Å². The molecule has 2 atom stereocenters. The number of hydrogen-bond acceptors (Lipinski definition) is 3. The number of halogens is 1. The van der Waals surface area contributed by atoms with Crippen molar-refractivity contribution in [1.82, 2.24) is 0 Å². The summed E-state index contributed by atoms with van der Waals surface area (Å²) in [7, 11) is -0.384. The van der Waals surface area contributed by atoms with Gasteiger partial charge in [0.1, 0.15) is 0 Å². The normalized spacial score (nSPS) is 23.0. The van der Waals surface area contributed by atoms with E-state index in [4.69, 9.17) is 20.9 Å². The molecule has 0 aromatic heterocycles. The highest BCUT2D eigenvalue weighted by Gasteiger charge is 2.50. The minimum atomic E-state index is -0.587. The van der Waals surface area contributed by atoms with E-state index in [0.29, 0.717) is 5.02 Å². The van der Waals surface area contributed by atoms with E-state index in [-0.39, 0.29) is 24.2 Å². The molecule has 0 amide bonds. The minimum Gasteiger partial charge on any atom is -0.400 e. The van der Waals surface area contributed by atoms with E-state index in [0.717, 1.165) is 5.56 Å². The number of aliphatic hydroxyl groups is 1. The van der Waals surface area contributed by atoms with Gasteiger partial charge in [0.25, 0.3) is 0 Å². The summed E-state index contributed by atoms with van der Waals surface area (Å²) in [5.41, 5.74) is 0.149. The third-order valence-electron chi connectivity index (χ3n) is 4.55. The lowest BCUT2D eigenvalue weighted by Gasteiger charge is -2.32. The highest BCUT2D eigenvalue weighted by atomic mass is 35.5. The standard InChI is InChI=1S/C17H24BClO3/c1-12(15(20)13-6-8-14(19)9-7-13)10-11-18-21-16(2,3)17(4,5)22-18/h6-12,15,20H,1-5H3/b11-10+/t12-,15-/m1/s1. The van der Waals surface area contributed by atoms with Crippen LogP contribution in [0, 0.1) is 5.92 Å². The molecule has 1 heterocycles. The van der Waals surface area contributed by atoms with E-state index in [9.17, 15) is 5.11 Å². The van der Waals surface area contributed by atoms with Gasteiger partial charge in [0.15, 0.2) is 0 Å². The molecule has 0 bridgehead atoms. The number of aliphatic hydroxyl groups excluding tert-OH is 1. The summed E-state index contributed by atoms with van der Waals surface area (Å²) < 4.78 is 11.8. The average molecular weight is 323 g/mol. The quantitative estimate of drug-likeness (QED) is 0.844. The molecule has 1 aliphatic heterocycles. The second-order valence-corrected chi connectivity index (χ2v) is 7.30. The summed E-state index contributed by atoms with van der Waals surface area (Å²) in [5, 5.41) is 11.0. The van der Waals surface area contributed by atoms with Crippen molar-refractivity contribution in [3.05, 3.63) is 46.9 Å². The van der Waals surface area contributed by atoms with Crippen LogP contribution in [-0.2, 0) is 9.31 Å². The molecule has 0 spiro atoms. The van der Waals surface area contributed by atoms with E-state index in [1.165, 1.54) is 0 Å². The van der Waals surface area contributed by atoms with Crippen molar-refractivity contribution in [2.24, 2.45) is 5.92 Å². The fourth-order valence-corrected chi connectivity index (χ4v) is 2.43. The largest absolute Gasteiger partial charge is 0.486 e. The van der Waals surface area contributed by atoms with Gasteiger partial charge in [-0.3, -0.25) is 0 Å². The fourth-order valence-electron chi connectivity index (χ4n) is 2.30. The first kappa shape index (κ1) is 17.5. The SMILES string of the molecule is C[C@H](/C=C/B1OC(C)(C)C(C)(C)O1)[C@@H](O)c1ccc(Cl)cc1. The van der Waals surface area contributed by atoms with Crippen LogP contribution in [0.25, 0.3) is 0 Å². The Morgan fingerprint density at radius 1 is 1.09 bits per heavy atom. The van der Waals surface area contributed by atoms with Crippen molar-refractivity contribution in [2.45, 2.75) is 51.9 Å². The third kappa shape index (κ3) is 3.74. The fraction of sp³-hybridized carbons (Fsp3) is 0.529. The van der Waals surface area contributed by atoms with Crippen LogP contribution in [0.15, 0.2) is 36.3 Å². The second kappa shape index (κ2) is 6.36. The van der Waals surface area contributed by atoms with Crippen molar-refractivity contribution in [1.29, 1.82) is 0 Å². The average Bonchev–Trinajstić information content (AvgIpc) is 2.64. The first-order valence-electron chi connectivity index (χ1n) is 7.60. The maximum absolute atomic E-state index is 10.4. The molecule has 0 radical (unpaired) electrons. The topological polar surface area (TPSA) is 38.7 Å². The van der Waals surface area contributed by atoms with Gasteiger partial charge in [-0.2, -0.15) is 0 Å². The second-order valence-electron chi connectivity index (χ2n) is 6.87. The lowest BCUT2D eigenvalue weighted by Crippen LogP contribution is -2.41. The zero-order chi connectivity index (χ0) is 16.5. The molecule has 1 aromatic carbocycles. The van der Waals surface area contributed by atoms with Crippen molar-refractivity contribution >= 4 is 18.7 Å². The van der Waals surface area contributed by atoms with E-state index >= 15 is 0 Å². The highest BCUT2D eigenvalue weighted by molar-refractivity contribution is 6.51. The molecule has 0 aliphatic carbocycles. The molecule has 1 N–H and O–H groups in total. The van der Waals surface area contributed by atoms with Gasteiger partial charge in [-0.15, -0.1) is 0 Å². The monoisotopic (exact) mass is 322 g/mol. The molecule has 3 nitrogen and oxygen atoms in total. The summed E-state index contributed by atoms with van der Waals surface area (Å²) in [4.78, 5) is 0. The zero-order valence-electron chi connectivity index (χ0n) is 13.8. The summed E-state index contributed by atoms with van der Waals surface area (Å²) in [6.07, 6.45) is 1.34. The lowest BCUT2D eigenvalue weighted by molar-refractivity contribution is 0.00578. The van der Waals surface area contributed by atoms with E-state index < -0.39 is 6.10 Å². The predicted octanol–water partition coefficient (Wildman–Crippen LogP) is 4.20. The first-order chi connectivity index (χ1) is 10.1. The van der Waals surface area contributed by atoms with Crippen molar-refractivity contribution < 1.29 is 14.4 Å². The van der Waals surface area contributed by atoms with Gasteiger partial charge in [-0.25, -0.2) is 0 Å². The van der Waals surface area contributed by atoms with Crippen molar-refractivity contribution in [2.75, 3.05) is 0 Å². The number of hydrogen-bond donors (Lipinski definition) is 1. The Hall–Kier alpha value is -0.805. The van der Waals surface area contributed by atoms with Gasteiger partial charge >= 0.3 is 7.12 Å². The molecular formula is C17H24BClO3. The Balaban J connectivity index is 2.00. The van der Waals surface area contributed by atoms with Crippen molar-refractivity contribution in [3.8, 4) is 0 Å². The molecule has 0 saturated carbocycles. The molecule has 22 heavy (non-hydrogen) atoms. The Bertz CT molecular complexity index is 523. The third-order valence-corrected chi connectivity index (χ3v) is 4.80. The van der Waals surface area contributed by atoms with Gasteiger partial charge in [0, 0.05) is 10.9 Å². The van der Waals surface area contributed by atoms with E-state index in [2.05, 4.69) is 0 Å². The molecule has 5 heteroatoms. The number of rotatable bonds is 4. The summed E-state index contributed by atoms with van der Waals surface area (Å²) >= 11 is 5.87. The molecule has 2 rings (SSSR count). The van der Waals surface area contributed by atoms with E-state index in [1.807, 2.05) is 58.8 Å². The Kier molecular flexibility index (Phi) is 5.08. The van der Waals surface area contributed by atoms with Gasteiger partial charge in [-0.1, -0.05) is 42.7 Å². The van der Waals surface area contributed by atoms with Gasteiger partial charge in [-0.05, 0) is 45.4 Å². The van der Waals surface area contributed by atoms with E-state index in [1.54, 1.807) is 12.1 Å². The highest BCUT2D eigenvalue weighted by Crippen LogP contribution is 2.37. The zero-order valence-corrected chi connectivity index (χ0v) is 14.6. The Morgan fingerprint density at radius 2 is 1.59 bits per heavy atom. The van der Waals surface area contributed by atoms with Gasteiger partial charge in [0.2, 0.25) is 0 Å². The molecule has 1 saturated heterocycles. The van der Waals surface area contributed by atoms with Crippen LogP contribution in [0.1, 0.15) is 46.3 Å². The maximum atomic E-state index is 10.4. The van der Waals surface area contributed by atoms with Crippen LogP contribution >= 0.6 is 11.6 Å². The minimum absolute atomic E-state index is 0.0554. The predicted molar refractivity (Wildman–Crippen MR) is 90.8 cm³/mol. The van der Waals surface area contributed by atoms with Gasteiger partial charge in [0.05, 0.1) is 17.3 Å². The van der Waals surface area contributed by atoms with Crippen LogP contribution in [0.3, 0.4) is 0 Å². The smallest absolute Gasteiger partial charge is 0.400 e. The van der Waals surface area contributed by atoms with Crippen LogP contribution < -0.4 is 0 Å². The molecule has 120 valence electrons. The molecule has 1 aromatic rings. The van der Waals surface area contributed by atoms with Crippen molar-refractivity contribution in [3.63, 3.8) is 0 Å². The molecular weight excluding hydrogens is 298 g/mol. The lowest BCUT2D eigenvalue weighted by atomic mass is 9.86. The first-order valence-corrected chi connectivity index (χ1v) is 7.98. The van der Waals surface area contributed by atoms with Gasteiger partial charge < -0.3 is 14.4 Å². The molecule has 0 unspecified atom stereocenters. The summed E-state index contributed by atoms with van der Waals surface area (Å²) in [6.45, 7) is 10.0. The maximum Gasteiger partial charge on any atom is 0.486 e. The Morgan fingerprint density at radius 3 is 2.09 bits per heavy atom. The summed E-state index contributed by atoms with van der Waals surface area (Å²) in [5.74, 6) is 1.82. The molecule has 1 aliphatic rings. The van der Waals surface area contributed by atoms with Crippen LogP contribution in [0.2, 0.25) is 5.02 Å².